The lowest BCUT2D eigenvalue weighted by molar-refractivity contribution is 1.27. The number of fused-ring (bicyclic) bond motifs is 2. The van der Waals surface area contributed by atoms with Gasteiger partial charge in [0.1, 0.15) is 0 Å². The summed E-state index contributed by atoms with van der Waals surface area (Å²) >= 11 is 3.31. The SMILES string of the molecule is Cc1ccc2cc[nH]c(=O)c2c1.O=c1[nH]ccc2ccc(Br)cc12. The molecule has 24 heavy (non-hydrogen) atoms. The van der Waals surface area contributed by atoms with Crippen molar-refractivity contribution < 1.29 is 0 Å². The largest absolute Gasteiger partial charge is 0.329 e. The van der Waals surface area contributed by atoms with Crippen molar-refractivity contribution in [1.29, 1.82) is 0 Å². The summed E-state index contributed by atoms with van der Waals surface area (Å²) < 4.78 is 0.923. The van der Waals surface area contributed by atoms with Crippen molar-refractivity contribution in [1.82, 2.24) is 9.97 Å². The zero-order valence-electron chi connectivity index (χ0n) is 13.0. The number of aromatic amines is 2. The molecule has 2 heterocycles. The smallest absolute Gasteiger partial charge is 0.255 e. The van der Waals surface area contributed by atoms with Gasteiger partial charge < -0.3 is 9.97 Å². The molecule has 4 rings (SSSR count). The van der Waals surface area contributed by atoms with Crippen molar-refractivity contribution >= 4 is 37.5 Å². The first kappa shape index (κ1) is 16.2. The van der Waals surface area contributed by atoms with Crippen molar-refractivity contribution in [2.75, 3.05) is 0 Å². The summed E-state index contributed by atoms with van der Waals surface area (Å²) in [6.07, 6.45) is 3.32. The number of aromatic nitrogens is 2. The summed E-state index contributed by atoms with van der Waals surface area (Å²) in [6, 6.07) is 15.3. The first-order valence-corrected chi connectivity index (χ1v) is 8.19. The third-order valence-electron chi connectivity index (χ3n) is 3.67. The van der Waals surface area contributed by atoms with E-state index in [2.05, 4.69) is 25.9 Å². The van der Waals surface area contributed by atoms with E-state index in [1.807, 2.05) is 55.5 Å². The molecule has 0 atom stereocenters. The Morgan fingerprint density at radius 3 is 1.92 bits per heavy atom. The number of rotatable bonds is 0. The highest BCUT2D eigenvalue weighted by molar-refractivity contribution is 9.10. The topological polar surface area (TPSA) is 65.7 Å². The second-order valence-electron chi connectivity index (χ2n) is 5.44. The minimum absolute atomic E-state index is 0.0174. The van der Waals surface area contributed by atoms with Gasteiger partial charge in [-0.25, -0.2) is 0 Å². The van der Waals surface area contributed by atoms with Gasteiger partial charge in [-0.15, -0.1) is 0 Å². The lowest BCUT2D eigenvalue weighted by Gasteiger charge is -1.96. The fourth-order valence-electron chi connectivity index (χ4n) is 2.45. The molecule has 2 aromatic heterocycles. The van der Waals surface area contributed by atoms with E-state index in [0.717, 1.165) is 26.2 Å². The van der Waals surface area contributed by atoms with E-state index in [4.69, 9.17) is 0 Å². The summed E-state index contributed by atoms with van der Waals surface area (Å²) in [5.41, 5.74) is 1.05. The molecule has 5 heteroatoms. The van der Waals surface area contributed by atoms with E-state index in [-0.39, 0.29) is 11.1 Å². The number of hydrogen-bond donors (Lipinski definition) is 2. The van der Waals surface area contributed by atoms with Crippen LogP contribution in [0.1, 0.15) is 5.56 Å². The summed E-state index contributed by atoms with van der Waals surface area (Å²) in [4.78, 5) is 27.8. The Morgan fingerprint density at radius 2 is 1.29 bits per heavy atom. The van der Waals surface area contributed by atoms with Crippen molar-refractivity contribution in [3.05, 3.63) is 91.7 Å². The van der Waals surface area contributed by atoms with Crippen molar-refractivity contribution in [2.45, 2.75) is 6.92 Å². The first-order valence-electron chi connectivity index (χ1n) is 7.39. The Balaban J connectivity index is 0.000000141. The van der Waals surface area contributed by atoms with Gasteiger partial charge in [0.25, 0.3) is 11.1 Å². The molecule has 0 unspecified atom stereocenters. The molecule has 2 aromatic carbocycles. The van der Waals surface area contributed by atoms with Crippen LogP contribution in [0.25, 0.3) is 21.5 Å². The maximum Gasteiger partial charge on any atom is 0.255 e. The number of aryl methyl sites for hydroxylation is 1. The molecule has 0 radical (unpaired) electrons. The Hall–Kier alpha value is -2.66. The lowest BCUT2D eigenvalue weighted by Crippen LogP contribution is -2.03. The van der Waals surface area contributed by atoms with Gasteiger partial charge in [0.15, 0.2) is 0 Å². The molecule has 4 aromatic rings. The fourth-order valence-corrected chi connectivity index (χ4v) is 2.81. The van der Waals surface area contributed by atoms with Gasteiger partial charge in [-0.3, -0.25) is 9.59 Å². The number of hydrogen-bond acceptors (Lipinski definition) is 2. The second kappa shape index (κ2) is 6.84. The minimum Gasteiger partial charge on any atom is -0.329 e. The second-order valence-corrected chi connectivity index (χ2v) is 6.35. The molecule has 0 fully saturated rings. The average Bonchev–Trinajstić information content (AvgIpc) is 2.57. The molecular weight excluding hydrogens is 368 g/mol. The van der Waals surface area contributed by atoms with Gasteiger partial charge in [-0.2, -0.15) is 0 Å². The fraction of sp³-hybridized carbons (Fsp3) is 0.0526. The van der Waals surface area contributed by atoms with Gasteiger partial charge in [-0.05, 0) is 48.0 Å². The van der Waals surface area contributed by atoms with Gasteiger partial charge >= 0.3 is 0 Å². The Kier molecular flexibility index (Phi) is 4.62. The van der Waals surface area contributed by atoms with Gasteiger partial charge in [0.2, 0.25) is 0 Å². The molecule has 0 amide bonds. The molecule has 0 aliphatic carbocycles. The van der Waals surface area contributed by atoms with E-state index < -0.39 is 0 Å². The zero-order valence-corrected chi connectivity index (χ0v) is 14.6. The molecule has 0 bridgehead atoms. The van der Waals surface area contributed by atoms with Crippen LogP contribution >= 0.6 is 15.9 Å². The van der Waals surface area contributed by atoms with Crippen LogP contribution in [-0.2, 0) is 0 Å². The van der Waals surface area contributed by atoms with Crippen LogP contribution in [-0.4, -0.2) is 9.97 Å². The van der Waals surface area contributed by atoms with Crippen LogP contribution in [0.5, 0.6) is 0 Å². The summed E-state index contributed by atoms with van der Waals surface area (Å²) in [5, 5.41) is 3.43. The monoisotopic (exact) mass is 382 g/mol. The molecule has 0 saturated heterocycles. The molecule has 0 aliphatic rings. The van der Waals surface area contributed by atoms with E-state index in [1.165, 1.54) is 0 Å². The zero-order chi connectivity index (χ0) is 17.1. The Labute approximate surface area is 146 Å². The summed E-state index contributed by atoms with van der Waals surface area (Å²) in [6.45, 7) is 1.98. The number of halogens is 1. The number of nitrogens with one attached hydrogen (secondary N) is 2. The van der Waals surface area contributed by atoms with Gasteiger partial charge in [0.05, 0.1) is 0 Å². The highest BCUT2D eigenvalue weighted by atomic mass is 79.9. The molecule has 120 valence electrons. The van der Waals surface area contributed by atoms with Crippen LogP contribution in [0.4, 0.5) is 0 Å². The maximum absolute atomic E-state index is 11.3. The van der Waals surface area contributed by atoms with Crippen LogP contribution in [0, 0.1) is 6.92 Å². The Morgan fingerprint density at radius 1 is 0.750 bits per heavy atom. The quantitative estimate of drug-likeness (QED) is 0.480. The van der Waals surface area contributed by atoms with E-state index >= 15 is 0 Å². The van der Waals surface area contributed by atoms with E-state index in [0.29, 0.717) is 5.39 Å². The van der Waals surface area contributed by atoms with E-state index in [1.54, 1.807) is 12.4 Å². The molecule has 0 saturated carbocycles. The van der Waals surface area contributed by atoms with Crippen LogP contribution in [0.15, 0.2) is 75.0 Å². The predicted octanol–water partition coefficient (Wildman–Crippen LogP) is 4.13. The maximum atomic E-state index is 11.3. The predicted molar refractivity (Wildman–Crippen MR) is 102 cm³/mol. The third-order valence-corrected chi connectivity index (χ3v) is 4.16. The lowest BCUT2D eigenvalue weighted by atomic mass is 10.1. The van der Waals surface area contributed by atoms with Crippen molar-refractivity contribution in [2.24, 2.45) is 0 Å². The van der Waals surface area contributed by atoms with E-state index in [9.17, 15) is 9.59 Å². The highest BCUT2D eigenvalue weighted by Gasteiger charge is 1.97. The summed E-state index contributed by atoms with van der Waals surface area (Å²) in [7, 11) is 0. The first-order chi connectivity index (χ1) is 11.5. The minimum atomic E-state index is -0.0474. The molecular formula is C19H15BrN2O2. The number of pyridine rings is 2. The third kappa shape index (κ3) is 3.46. The van der Waals surface area contributed by atoms with Crippen molar-refractivity contribution in [3.63, 3.8) is 0 Å². The van der Waals surface area contributed by atoms with Gasteiger partial charge in [-0.1, -0.05) is 39.7 Å². The molecule has 4 nitrogen and oxygen atoms in total. The van der Waals surface area contributed by atoms with Crippen LogP contribution < -0.4 is 11.1 Å². The Bertz CT molecular complexity index is 1040. The average molecular weight is 383 g/mol. The van der Waals surface area contributed by atoms with Crippen molar-refractivity contribution in [3.8, 4) is 0 Å². The number of benzene rings is 2. The number of H-pyrrole nitrogens is 2. The molecule has 0 spiro atoms. The summed E-state index contributed by atoms with van der Waals surface area (Å²) in [5.74, 6) is 0. The highest BCUT2D eigenvalue weighted by Crippen LogP contribution is 2.15. The standard InChI is InChI=1S/C10H9NO.C9H6BrNO/c1-7-2-3-8-4-5-11-10(12)9(8)6-7;10-7-2-1-6-3-4-11-9(12)8(6)5-7/h2-6H,1H3,(H,11,12);1-5H,(H,11,12). The van der Waals surface area contributed by atoms with Gasteiger partial charge in [0, 0.05) is 27.6 Å². The molecule has 2 N–H and O–H groups in total. The van der Waals surface area contributed by atoms with Crippen LogP contribution in [0.2, 0.25) is 0 Å². The van der Waals surface area contributed by atoms with Crippen LogP contribution in [0.3, 0.4) is 0 Å². The molecule has 0 aliphatic heterocycles. The normalized spacial score (nSPS) is 10.4.